The van der Waals surface area contributed by atoms with Crippen LogP contribution in [-0.4, -0.2) is 50.8 Å². The lowest BCUT2D eigenvalue weighted by Crippen LogP contribution is -2.38. The van der Waals surface area contributed by atoms with Crippen LogP contribution in [0.4, 0.5) is 0 Å². The third kappa shape index (κ3) is 7.16. The average Bonchev–Trinajstić information content (AvgIpc) is 3.12. The van der Waals surface area contributed by atoms with Crippen molar-refractivity contribution >= 4 is 16.0 Å². The number of benzene rings is 1. The SMILES string of the molecule is COc1ccc(CN(C[C@H]2CCCO2)C(=O)CC(C)(C)C)cc1OS(=O)(=O)C(C)C. The predicted octanol–water partition coefficient (Wildman–Crippen LogP) is 3.76. The summed E-state index contributed by atoms with van der Waals surface area (Å²) < 4.78 is 40.8. The minimum absolute atomic E-state index is 0.0317. The molecule has 1 aromatic rings. The van der Waals surface area contributed by atoms with Gasteiger partial charge < -0.3 is 18.6 Å². The van der Waals surface area contributed by atoms with Gasteiger partial charge in [0.15, 0.2) is 11.5 Å². The topological polar surface area (TPSA) is 82.1 Å². The molecule has 30 heavy (non-hydrogen) atoms. The first-order chi connectivity index (χ1) is 13.9. The fourth-order valence-corrected chi connectivity index (χ4v) is 3.75. The Hall–Kier alpha value is -1.80. The maximum Gasteiger partial charge on any atom is 0.311 e. The summed E-state index contributed by atoms with van der Waals surface area (Å²) >= 11 is 0. The molecule has 0 radical (unpaired) electrons. The molecule has 170 valence electrons. The quantitative estimate of drug-likeness (QED) is 0.543. The molecule has 0 spiro atoms. The molecule has 2 rings (SSSR count). The Kier molecular flexibility index (Phi) is 8.16. The average molecular weight is 442 g/mol. The van der Waals surface area contributed by atoms with Crippen molar-refractivity contribution in [1.29, 1.82) is 0 Å². The van der Waals surface area contributed by atoms with E-state index in [0.717, 1.165) is 25.0 Å². The van der Waals surface area contributed by atoms with E-state index in [1.165, 1.54) is 7.11 Å². The van der Waals surface area contributed by atoms with Crippen LogP contribution in [0.15, 0.2) is 18.2 Å². The van der Waals surface area contributed by atoms with Crippen LogP contribution < -0.4 is 8.92 Å². The molecule has 0 aromatic heterocycles. The molecule has 0 saturated carbocycles. The fourth-order valence-electron chi connectivity index (χ4n) is 3.18. The van der Waals surface area contributed by atoms with E-state index in [-0.39, 0.29) is 23.2 Å². The van der Waals surface area contributed by atoms with E-state index in [9.17, 15) is 13.2 Å². The number of hydrogen-bond donors (Lipinski definition) is 0. The summed E-state index contributed by atoms with van der Waals surface area (Å²) in [7, 11) is -2.31. The lowest BCUT2D eigenvalue weighted by Gasteiger charge is -2.29. The Labute approximate surface area is 180 Å². The molecule has 1 amide bonds. The van der Waals surface area contributed by atoms with Crippen molar-refractivity contribution in [2.24, 2.45) is 5.41 Å². The smallest absolute Gasteiger partial charge is 0.311 e. The van der Waals surface area contributed by atoms with Crippen LogP contribution in [-0.2, 0) is 26.2 Å². The zero-order valence-corrected chi connectivity index (χ0v) is 19.8. The molecule has 7 nitrogen and oxygen atoms in total. The summed E-state index contributed by atoms with van der Waals surface area (Å²) in [5.74, 6) is 0.504. The molecule has 0 aliphatic carbocycles. The first-order valence-corrected chi connectivity index (χ1v) is 11.9. The van der Waals surface area contributed by atoms with Crippen LogP contribution in [0.25, 0.3) is 0 Å². The highest BCUT2D eigenvalue weighted by Gasteiger charge is 2.27. The molecular weight excluding hydrogens is 406 g/mol. The lowest BCUT2D eigenvalue weighted by atomic mass is 9.91. The van der Waals surface area contributed by atoms with Gasteiger partial charge in [-0.3, -0.25) is 4.79 Å². The van der Waals surface area contributed by atoms with Crippen molar-refractivity contribution in [3.63, 3.8) is 0 Å². The number of ether oxygens (including phenoxy) is 2. The summed E-state index contributed by atoms with van der Waals surface area (Å²) in [6.07, 6.45) is 2.38. The van der Waals surface area contributed by atoms with Gasteiger partial charge in [-0.1, -0.05) is 26.8 Å². The highest BCUT2D eigenvalue weighted by molar-refractivity contribution is 7.87. The van der Waals surface area contributed by atoms with E-state index in [0.29, 0.717) is 25.3 Å². The zero-order valence-electron chi connectivity index (χ0n) is 18.9. The normalized spacial score (nSPS) is 17.2. The van der Waals surface area contributed by atoms with Gasteiger partial charge in [0, 0.05) is 26.1 Å². The van der Waals surface area contributed by atoms with Crippen molar-refractivity contribution in [3.05, 3.63) is 23.8 Å². The molecule has 1 aliphatic rings. The molecule has 8 heteroatoms. The lowest BCUT2D eigenvalue weighted by molar-refractivity contribution is -0.135. The number of hydrogen-bond acceptors (Lipinski definition) is 6. The second kappa shape index (κ2) is 10.0. The van der Waals surface area contributed by atoms with Crippen molar-refractivity contribution in [1.82, 2.24) is 4.90 Å². The van der Waals surface area contributed by atoms with Gasteiger partial charge in [0.25, 0.3) is 0 Å². The van der Waals surface area contributed by atoms with Crippen LogP contribution in [0.5, 0.6) is 11.5 Å². The van der Waals surface area contributed by atoms with Crippen molar-refractivity contribution in [3.8, 4) is 11.5 Å². The first-order valence-electron chi connectivity index (χ1n) is 10.4. The van der Waals surface area contributed by atoms with Crippen LogP contribution in [0.3, 0.4) is 0 Å². The largest absolute Gasteiger partial charge is 0.493 e. The standard InChI is InChI=1S/C22H35NO6S/c1-16(2)30(25,26)29-20-12-17(9-10-19(20)27-6)14-23(15-18-8-7-11-28-18)21(24)13-22(3,4)5/h9-10,12,16,18H,7-8,11,13-15H2,1-6H3/t18-/m1/s1. The van der Waals surface area contributed by atoms with E-state index in [1.807, 2.05) is 26.8 Å². The first kappa shape index (κ1) is 24.5. The minimum Gasteiger partial charge on any atom is -0.493 e. The zero-order chi connectivity index (χ0) is 22.5. The number of rotatable bonds is 9. The van der Waals surface area contributed by atoms with Crippen LogP contribution in [0, 0.1) is 5.41 Å². The maximum atomic E-state index is 13.0. The second-order valence-electron chi connectivity index (χ2n) is 9.26. The predicted molar refractivity (Wildman–Crippen MR) is 116 cm³/mol. The Balaban J connectivity index is 2.26. The second-order valence-corrected chi connectivity index (χ2v) is 11.4. The van der Waals surface area contributed by atoms with E-state index >= 15 is 0 Å². The van der Waals surface area contributed by atoms with Gasteiger partial charge in [-0.2, -0.15) is 8.42 Å². The highest BCUT2D eigenvalue weighted by atomic mass is 32.2. The van der Waals surface area contributed by atoms with Gasteiger partial charge in [0.1, 0.15) is 0 Å². The third-order valence-electron chi connectivity index (χ3n) is 4.87. The fraction of sp³-hybridized carbons (Fsp3) is 0.682. The van der Waals surface area contributed by atoms with Crippen LogP contribution in [0.2, 0.25) is 0 Å². The van der Waals surface area contributed by atoms with Gasteiger partial charge in [0.05, 0.1) is 18.5 Å². The van der Waals surface area contributed by atoms with E-state index < -0.39 is 15.4 Å². The summed E-state index contributed by atoms with van der Waals surface area (Å²) in [6.45, 7) is 10.8. The molecule has 0 unspecified atom stereocenters. The number of methoxy groups -OCH3 is 1. The summed E-state index contributed by atoms with van der Waals surface area (Å²) in [4.78, 5) is 14.8. The molecule has 0 N–H and O–H groups in total. The number of amides is 1. The van der Waals surface area contributed by atoms with E-state index in [2.05, 4.69) is 0 Å². The Morgan fingerprint density at radius 1 is 1.27 bits per heavy atom. The van der Waals surface area contributed by atoms with Gasteiger partial charge >= 0.3 is 10.1 Å². The highest BCUT2D eigenvalue weighted by Crippen LogP contribution is 2.31. The van der Waals surface area contributed by atoms with Gasteiger partial charge in [-0.05, 0) is 49.8 Å². The van der Waals surface area contributed by atoms with Crippen molar-refractivity contribution < 1.29 is 26.9 Å². The number of carbonyl (C=O) groups is 1. The minimum atomic E-state index is -3.77. The van der Waals surface area contributed by atoms with E-state index in [4.69, 9.17) is 13.7 Å². The Bertz CT molecular complexity index is 823. The molecule has 1 fully saturated rings. The number of carbonyl (C=O) groups excluding carboxylic acids is 1. The maximum absolute atomic E-state index is 13.0. The molecule has 1 aliphatic heterocycles. The van der Waals surface area contributed by atoms with Crippen LogP contribution in [0.1, 0.15) is 59.4 Å². The van der Waals surface area contributed by atoms with Gasteiger partial charge in [-0.25, -0.2) is 0 Å². The molecule has 0 bridgehead atoms. The molecule has 1 heterocycles. The van der Waals surface area contributed by atoms with E-state index in [1.54, 1.807) is 30.9 Å². The van der Waals surface area contributed by atoms with Gasteiger partial charge in [-0.15, -0.1) is 0 Å². The Morgan fingerprint density at radius 2 is 1.97 bits per heavy atom. The summed E-state index contributed by atoms with van der Waals surface area (Å²) in [5, 5.41) is -0.685. The molecule has 1 saturated heterocycles. The van der Waals surface area contributed by atoms with Crippen molar-refractivity contribution in [2.75, 3.05) is 20.3 Å². The Morgan fingerprint density at radius 3 is 2.50 bits per heavy atom. The molecule has 1 atom stereocenters. The van der Waals surface area contributed by atoms with Crippen molar-refractivity contribution in [2.45, 2.75) is 71.8 Å². The van der Waals surface area contributed by atoms with Crippen LogP contribution >= 0.6 is 0 Å². The molecular formula is C22H35NO6S. The third-order valence-corrected chi connectivity index (χ3v) is 6.43. The summed E-state index contributed by atoms with van der Waals surface area (Å²) in [5.41, 5.74) is 0.635. The van der Waals surface area contributed by atoms with Gasteiger partial charge in [0.2, 0.25) is 5.91 Å². The molecule has 1 aromatic carbocycles. The summed E-state index contributed by atoms with van der Waals surface area (Å²) in [6, 6.07) is 5.12. The monoisotopic (exact) mass is 441 g/mol. The number of nitrogens with zero attached hydrogens (tertiary/aromatic N) is 1.